The van der Waals surface area contributed by atoms with E-state index in [1.54, 1.807) is 18.2 Å². The molecule has 0 saturated heterocycles. The van der Waals surface area contributed by atoms with Gasteiger partial charge in [-0.1, -0.05) is 42.0 Å². The zero-order chi connectivity index (χ0) is 9.14. The number of halogens is 2. The van der Waals surface area contributed by atoms with E-state index < -0.39 is 6.67 Å². The van der Waals surface area contributed by atoms with Gasteiger partial charge in [0.1, 0.15) is 11.7 Å². The van der Waals surface area contributed by atoms with E-state index in [-0.39, 0.29) is 4.99 Å². The zero-order valence-corrected chi connectivity index (χ0v) is 7.75. The highest BCUT2D eigenvalue weighted by Crippen LogP contribution is 2.21. The summed E-state index contributed by atoms with van der Waals surface area (Å²) in [6, 6.07) is 4.95. The Balaban J connectivity index is 3.23. The van der Waals surface area contributed by atoms with Crippen LogP contribution in [0.15, 0.2) is 18.2 Å². The van der Waals surface area contributed by atoms with Crippen LogP contribution in [0.4, 0.5) is 4.39 Å². The Morgan fingerprint density at radius 1 is 1.58 bits per heavy atom. The predicted molar refractivity (Wildman–Crippen MR) is 52.2 cm³/mol. The maximum atomic E-state index is 12.3. The monoisotopic (exact) mass is 203 g/mol. The van der Waals surface area contributed by atoms with Gasteiger partial charge in [0.05, 0.1) is 5.02 Å². The number of thiocarbonyl (C=S) groups is 1. The first kappa shape index (κ1) is 9.42. The van der Waals surface area contributed by atoms with E-state index in [2.05, 4.69) is 0 Å². The van der Waals surface area contributed by atoms with Crippen molar-refractivity contribution in [2.75, 3.05) is 0 Å². The van der Waals surface area contributed by atoms with Gasteiger partial charge in [-0.3, -0.25) is 0 Å². The van der Waals surface area contributed by atoms with E-state index in [9.17, 15) is 4.39 Å². The van der Waals surface area contributed by atoms with Gasteiger partial charge in [-0.25, -0.2) is 4.39 Å². The van der Waals surface area contributed by atoms with E-state index >= 15 is 0 Å². The second kappa shape index (κ2) is 3.83. The standard InChI is InChI=1S/C8H7ClFNS/c9-7-5(4-10)2-1-3-6(7)8(11)12/h1-3H,4H2,(H2,11,12). The molecule has 0 spiro atoms. The summed E-state index contributed by atoms with van der Waals surface area (Å²) in [5.41, 5.74) is 6.31. The summed E-state index contributed by atoms with van der Waals surface area (Å²) in [4.78, 5) is 0.190. The maximum Gasteiger partial charge on any atom is 0.116 e. The molecule has 0 atom stereocenters. The summed E-state index contributed by atoms with van der Waals surface area (Å²) < 4.78 is 12.3. The van der Waals surface area contributed by atoms with Gasteiger partial charge in [0.25, 0.3) is 0 Å². The molecule has 0 aliphatic heterocycles. The van der Waals surface area contributed by atoms with Gasteiger partial charge >= 0.3 is 0 Å². The number of hydrogen-bond donors (Lipinski definition) is 1. The summed E-state index contributed by atoms with van der Waals surface area (Å²) in [5, 5.41) is 0.313. The molecule has 1 rings (SSSR count). The fourth-order valence-electron chi connectivity index (χ4n) is 0.873. The molecule has 1 aromatic rings. The Hall–Kier alpha value is -0.670. The number of hydrogen-bond acceptors (Lipinski definition) is 1. The van der Waals surface area contributed by atoms with E-state index in [0.29, 0.717) is 16.1 Å². The van der Waals surface area contributed by atoms with Crippen molar-refractivity contribution in [3.63, 3.8) is 0 Å². The summed E-state index contributed by atoms with van der Waals surface area (Å²) in [5.74, 6) is 0. The van der Waals surface area contributed by atoms with Crippen molar-refractivity contribution < 1.29 is 4.39 Å². The van der Waals surface area contributed by atoms with Crippen molar-refractivity contribution in [1.29, 1.82) is 0 Å². The van der Waals surface area contributed by atoms with Crippen LogP contribution < -0.4 is 5.73 Å². The highest BCUT2D eigenvalue weighted by Gasteiger charge is 2.06. The third-order valence-electron chi connectivity index (χ3n) is 1.49. The van der Waals surface area contributed by atoms with Crippen LogP contribution >= 0.6 is 23.8 Å². The third kappa shape index (κ3) is 1.73. The van der Waals surface area contributed by atoms with Crippen molar-refractivity contribution in [1.82, 2.24) is 0 Å². The molecule has 4 heteroatoms. The number of rotatable bonds is 2. The fraction of sp³-hybridized carbons (Fsp3) is 0.125. The maximum absolute atomic E-state index is 12.3. The molecule has 0 amide bonds. The minimum atomic E-state index is -0.602. The largest absolute Gasteiger partial charge is 0.389 e. The van der Waals surface area contributed by atoms with Gasteiger partial charge in [0.2, 0.25) is 0 Å². The van der Waals surface area contributed by atoms with Gasteiger partial charge in [0, 0.05) is 11.1 Å². The third-order valence-corrected chi connectivity index (χ3v) is 2.15. The van der Waals surface area contributed by atoms with Gasteiger partial charge in [-0.15, -0.1) is 0 Å². The number of alkyl halides is 1. The molecule has 0 aliphatic carbocycles. The highest BCUT2D eigenvalue weighted by atomic mass is 35.5. The smallest absolute Gasteiger partial charge is 0.116 e. The predicted octanol–water partition coefficient (Wildman–Crippen LogP) is 2.44. The van der Waals surface area contributed by atoms with Crippen LogP contribution in [-0.4, -0.2) is 4.99 Å². The Morgan fingerprint density at radius 2 is 2.25 bits per heavy atom. The van der Waals surface area contributed by atoms with Crippen LogP contribution in [0.5, 0.6) is 0 Å². The highest BCUT2D eigenvalue weighted by molar-refractivity contribution is 7.80. The van der Waals surface area contributed by atoms with Gasteiger partial charge < -0.3 is 5.73 Å². The van der Waals surface area contributed by atoms with Crippen LogP contribution in [0.25, 0.3) is 0 Å². The van der Waals surface area contributed by atoms with Gasteiger partial charge in [-0.05, 0) is 0 Å². The van der Waals surface area contributed by atoms with E-state index in [4.69, 9.17) is 29.6 Å². The minimum absolute atomic E-state index is 0.190. The molecule has 1 nitrogen and oxygen atoms in total. The Labute approximate surface area is 80.3 Å². The van der Waals surface area contributed by atoms with E-state index in [1.807, 2.05) is 0 Å². The molecule has 0 bridgehead atoms. The molecule has 12 heavy (non-hydrogen) atoms. The van der Waals surface area contributed by atoms with Crippen LogP contribution in [0.2, 0.25) is 5.02 Å². The quantitative estimate of drug-likeness (QED) is 0.748. The fourth-order valence-corrected chi connectivity index (χ4v) is 1.38. The molecule has 64 valence electrons. The molecule has 2 N–H and O–H groups in total. The van der Waals surface area contributed by atoms with Crippen LogP contribution in [0, 0.1) is 0 Å². The normalized spacial score (nSPS) is 9.83. The van der Waals surface area contributed by atoms with Crippen molar-refractivity contribution in [3.8, 4) is 0 Å². The van der Waals surface area contributed by atoms with E-state index in [0.717, 1.165) is 0 Å². The second-order valence-corrected chi connectivity index (χ2v) is 3.09. The van der Waals surface area contributed by atoms with Crippen LogP contribution in [-0.2, 0) is 6.67 Å². The average Bonchev–Trinajstić information content (AvgIpc) is 2.04. The first-order valence-electron chi connectivity index (χ1n) is 3.30. The molecule has 0 unspecified atom stereocenters. The van der Waals surface area contributed by atoms with Crippen LogP contribution in [0.1, 0.15) is 11.1 Å². The first-order chi connectivity index (χ1) is 5.66. The second-order valence-electron chi connectivity index (χ2n) is 2.28. The van der Waals surface area contributed by atoms with E-state index in [1.165, 1.54) is 0 Å². The van der Waals surface area contributed by atoms with Crippen molar-refractivity contribution in [3.05, 3.63) is 34.3 Å². The Kier molecular flexibility index (Phi) is 3.00. The lowest BCUT2D eigenvalue weighted by atomic mass is 10.1. The Bertz CT molecular complexity index is 314. The van der Waals surface area contributed by atoms with Crippen molar-refractivity contribution in [2.45, 2.75) is 6.67 Å². The lowest BCUT2D eigenvalue weighted by Gasteiger charge is -2.04. The lowest BCUT2D eigenvalue weighted by Crippen LogP contribution is -2.10. The molecular formula is C8H7ClFNS. The average molecular weight is 204 g/mol. The zero-order valence-electron chi connectivity index (χ0n) is 6.18. The molecule has 0 fully saturated rings. The molecule has 0 radical (unpaired) electrons. The first-order valence-corrected chi connectivity index (χ1v) is 4.08. The molecular weight excluding hydrogens is 197 g/mol. The Morgan fingerprint density at radius 3 is 2.75 bits per heavy atom. The summed E-state index contributed by atoms with van der Waals surface area (Å²) in [7, 11) is 0. The van der Waals surface area contributed by atoms with Gasteiger partial charge in [-0.2, -0.15) is 0 Å². The summed E-state index contributed by atoms with van der Waals surface area (Å²) >= 11 is 10.5. The molecule has 0 aromatic heterocycles. The SMILES string of the molecule is NC(=S)c1cccc(CF)c1Cl. The van der Waals surface area contributed by atoms with Crippen molar-refractivity contribution >= 4 is 28.8 Å². The summed E-state index contributed by atoms with van der Waals surface area (Å²) in [6.07, 6.45) is 0. The molecule has 0 saturated carbocycles. The van der Waals surface area contributed by atoms with Crippen LogP contribution in [0.3, 0.4) is 0 Å². The number of benzene rings is 1. The van der Waals surface area contributed by atoms with Crippen molar-refractivity contribution in [2.24, 2.45) is 5.73 Å². The summed E-state index contributed by atoms with van der Waals surface area (Å²) in [6.45, 7) is -0.602. The lowest BCUT2D eigenvalue weighted by molar-refractivity contribution is 0.485. The molecule has 0 heterocycles. The topological polar surface area (TPSA) is 26.0 Å². The van der Waals surface area contributed by atoms with Gasteiger partial charge in [0.15, 0.2) is 0 Å². The minimum Gasteiger partial charge on any atom is -0.389 e. The molecule has 1 aromatic carbocycles. The number of nitrogens with two attached hydrogens (primary N) is 1. The molecule has 0 aliphatic rings.